The molecule has 2 fully saturated rings. The summed E-state index contributed by atoms with van der Waals surface area (Å²) < 4.78 is 5.17. The van der Waals surface area contributed by atoms with E-state index in [9.17, 15) is 5.26 Å². The predicted octanol–water partition coefficient (Wildman–Crippen LogP) is 4.78. The number of fused-ring (bicyclic) bond motifs is 2. The van der Waals surface area contributed by atoms with Gasteiger partial charge in [-0.05, 0) is 36.5 Å². The number of thiophene rings is 1. The zero-order valence-electron chi connectivity index (χ0n) is 19.7. The summed E-state index contributed by atoms with van der Waals surface area (Å²) in [6, 6.07) is 14.9. The van der Waals surface area contributed by atoms with Gasteiger partial charge in [0.05, 0.1) is 28.7 Å². The van der Waals surface area contributed by atoms with E-state index < -0.39 is 0 Å². The molecule has 2 aromatic carbocycles. The number of aryl methyl sites for hydroxylation is 1. The van der Waals surface area contributed by atoms with Crippen LogP contribution in [-0.4, -0.2) is 32.4 Å². The van der Waals surface area contributed by atoms with Gasteiger partial charge in [0.25, 0.3) is 0 Å². The summed E-state index contributed by atoms with van der Waals surface area (Å²) in [5.41, 5.74) is 12.4. The number of nitrogen functional groups attached to an aromatic ring is 1. The fourth-order valence-corrected chi connectivity index (χ4v) is 7.06. The fourth-order valence-electron chi connectivity index (χ4n) is 6.11. The average Bonchev–Trinajstić information content (AvgIpc) is 3.44. The fraction of sp³-hybridized carbons (Fsp3) is 0.296. The van der Waals surface area contributed by atoms with E-state index in [1.807, 2.05) is 30.1 Å². The number of rotatable bonds is 3. The minimum atomic E-state index is 0.443. The first-order chi connectivity index (χ1) is 17.0. The molecule has 3 aromatic heterocycles. The third-order valence-electron chi connectivity index (χ3n) is 7.98. The highest BCUT2D eigenvalue weighted by molar-refractivity contribution is 7.23. The van der Waals surface area contributed by atoms with Crippen LogP contribution in [0.4, 0.5) is 5.00 Å². The van der Waals surface area contributed by atoms with Gasteiger partial charge in [0.15, 0.2) is 0 Å². The van der Waals surface area contributed by atoms with E-state index in [0.717, 1.165) is 62.4 Å². The summed E-state index contributed by atoms with van der Waals surface area (Å²) in [6.07, 6.45) is 4.24. The average molecular weight is 480 g/mol. The molecule has 8 heteroatoms. The Morgan fingerprint density at radius 1 is 1.20 bits per heavy atom. The number of benzene rings is 2. The molecule has 1 aliphatic heterocycles. The molecule has 0 atom stereocenters. The van der Waals surface area contributed by atoms with Crippen LogP contribution in [0.15, 0.2) is 42.6 Å². The normalized spacial score (nSPS) is 17.1. The molecule has 7 rings (SSSR count). The van der Waals surface area contributed by atoms with Crippen molar-refractivity contribution in [3.8, 4) is 28.6 Å². The standard InChI is InChI=1S/C27H25N7S/c1-33-24(18-4-3-5-21-22(18)19(11-28)25(29)35-21)23(15-6-7-20-16(8-15)12-31-34(20)2)32-26(33)17-9-27(10-17)13-30-14-27/h3-8,12,17,30H,9-10,13-14,29H2,1-2H3. The molecule has 3 N–H and O–H groups in total. The maximum atomic E-state index is 9.92. The molecule has 0 unspecified atom stereocenters. The predicted molar refractivity (Wildman–Crippen MR) is 140 cm³/mol. The zero-order chi connectivity index (χ0) is 23.9. The number of anilines is 1. The smallest absolute Gasteiger partial charge is 0.112 e. The quantitative estimate of drug-likeness (QED) is 0.388. The van der Waals surface area contributed by atoms with Crippen LogP contribution in [0.2, 0.25) is 0 Å². The number of nitrogens with zero attached hydrogens (tertiary/aromatic N) is 5. The minimum Gasteiger partial charge on any atom is -0.389 e. The summed E-state index contributed by atoms with van der Waals surface area (Å²) in [5.74, 6) is 1.57. The Kier molecular flexibility index (Phi) is 4.24. The van der Waals surface area contributed by atoms with Crippen LogP contribution >= 0.6 is 11.3 Å². The Morgan fingerprint density at radius 2 is 2.03 bits per heavy atom. The molecule has 0 amide bonds. The van der Waals surface area contributed by atoms with Crippen LogP contribution in [0.5, 0.6) is 0 Å². The number of hydrogen-bond donors (Lipinski definition) is 2. The second-order valence-corrected chi connectivity index (χ2v) is 11.2. The first kappa shape index (κ1) is 20.7. The number of imidazole rings is 1. The largest absolute Gasteiger partial charge is 0.389 e. The van der Waals surface area contributed by atoms with Crippen molar-refractivity contribution in [2.24, 2.45) is 19.5 Å². The third-order valence-corrected chi connectivity index (χ3v) is 8.97. The monoisotopic (exact) mass is 479 g/mol. The van der Waals surface area contributed by atoms with Gasteiger partial charge < -0.3 is 15.6 Å². The van der Waals surface area contributed by atoms with Crippen molar-refractivity contribution in [2.75, 3.05) is 18.8 Å². The van der Waals surface area contributed by atoms with Gasteiger partial charge in [0, 0.05) is 59.7 Å². The van der Waals surface area contributed by atoms with E-state index >= 15 is 0 Å². The van der Waals surface area contributed by atoms with Crippen molar-refractivity contribution in [3.63, 3.8) is 0 Å². The zero-order valence-corrected chi connectivity index (χ0v) is 20.5. The maximum absolute atomic E-state index is 9.92. The van der Waals surface area contributed by atoms with Crippen molar-refractivity contribution < 1.29 is 0 Å². The van der Waals surface area contributed by atoms with Gasteiger partial charge in [-0.25, -0.2) is 4.98 Å². The van der Waals surface area contributed by atoms with E-state index in [-0.39, 0.29) is 0 Å². The highest BCUT2D eigenvalue weighted by atomic mass is 32.1. The minimum absolute atomic E-state index is 0.443. The number of nitrogens with one attached hydrogen (secondary N) is 1. The second-order valence-electron chi connectivity index (χ2n) is 10.1. The molecule has 1 spiro atoms. The van der Waals surface area contributed by atoms with Crippen molar-refractivity contribution in [1.82, 2.24) is 24.6 Å². The first-order valence-corrected chi connectivity index (χ1v) is 12.7. The molecule has 35 heavy (non-hydrogen) atoms. The number of hydrogen-bond acceptors (Lipinski definition) is 6. The molecule has 174 valence electrons. The Labute approximate surface area is 206 Å². The van der Waals surface area contributed by atoms with E-state index in [2.05, 4.69) is 52.4 Å². The van der Waals surface area contributed by atoms with Crippen LogP contribution in [0.25, 0.3) is 43.5 Å². The molecule has 1 saturated heterocycles. The van der Waals surface area contributed by atoms with Gasteiger partial charge in [-0.2, -0.15) is 10.4 Å². The third kappa shape index (κ3) is 2.86. The van der Waals surface area contributed by atoms with Crippen molar-refractivity contribution >= 4 is 37.3 Å². The summed E-state index contributed by atoms with van der Waals surface area (Å²) in [4.78, 5) is 5.29. The number of nitrogens with two attached hydrogens (primary N) is 1. The van der Waals surface area contributed by atoms with E-state index in [1.165, 1.54) is 24.2 Å². The lowest BCUT2D eigenvalue weighted by atomic mass is 9.58. The van der Waals surface area contributed by atoms with Crippen molar-refractivity contribution in [2.45, 2.75) is 18.8 Å². The van der Waals surface area contributed by atoms with Gasteiger partial charge in [-0.15, -0.1) is 11.3 Å². The highest BCUT2D eigenvalue weighted by Gasteiger charge is 2.50. The molecular weight excluding hydrogens is 454 g/mol. The lowest BCUT2D eigenvalue weighted by Gasteiger charge is -2.54. The lowest BCUT2D eigenvalue weighted by Crippen LogP contribution is -2.59. The molecule has 7 nitrogen and oxygen atoms in total. The summed E-state index contributed by atoms with van der Waals surface area (Å²) in [5, 5.41) is 20.3. The molecule has 5 aromatic rings. The van der Waals surface area contributed by atoms with E-state index in [1.54, 1.807) is 0 Å². The SMILES string of the molecule is Cn1c(C2CC3(CNC3)C2)nc(-c2ccc3c(cnn3C)c2)c1-c1cccc2sc(N)c(C#N)c12. The molecule has 0 bridgehead atoms. The molecule has 2 aliphatic rings. The molecular formula is C27H25N7S. The van der Waals surface area contributed by atoms with Gasteiger partial charge in [-0.1, -0.05) is 18.2 Å². The maximum Gasteiger partial charge on any atom is 0.112 e. The molecule has 1 aliphatic carbocycles. The van der Waals surface area contributed by atoms with E-state index in [0.29, 0.717) is 21.9 Å². The molecule has 0 radical (unpaired) electrons. The van der Waals surface area contributed by atoms with Crippen LogP contribution in [0.3, 0.4) is 0 Å². The van der Waals surface area contributed by atoms with Crippen molar-refractivity contribution in [1.29, 1.82) is 5.26 Å². The Balaban J connectivity index is 1.47. The number of nitriles is 1. The van der Waals surface area contributed by atoms with Gasteiger partial charge in [-0.3, -0.25) is 4.68 Å². The van der Waals surface area contributed by atoms with Gasteiger partial charge in [0.1, 0.15) is 16.9 Å². The number of aromatic nitrogens is 4. The summed E-state index contributed by atoms with van der Waals surface area (Å²) in [7, 11) is 4.08. The van der Waals surface area contributed by atoms with Gasteiger partial charge >= 0.3 is 0 Å². The van der Waals surface area contributed by atoms with Crippen LogP contribution in [0.1, 0.15) is 30.1 Å². The van der Waals surface area contributed by atoms with Crippen LogP contribution in [-0.2, 0) is 14.1 Å². The summed E-state index contributed by atoms with van der Waals surface area (Å²) in [6.45, 7) is 2.23. The first-order valence-electron chi connectivity index (χ1n) is 11.9. The lowest BCUT2D eigenvalue weighted by molar-refractivity contribution is 0.0321. The summed E-state index contributed by atoms with van der Waals surface area (Å²) >= 11 is 1.47. The Hall–Kier alpha value is -3.67. The topological polar surface area (TPSA) is 97.5 Å². The van der Waals surface area contributed by atoms with Gasteiger partial charge in [0.2, 0.25) is 0 Å². The molecule has 1 saturated carbocycles. The van der Waals surface area contributed by atoms with E-state index in [4.69, 9.17) is 10.7 Å². The highest BCUT2D eigenvalue weighted by Crippen LogP contribution is 2.54. The second kappa shape index (κ2) is 7.17. The Morgan fingerprint density at radius 3 is 2.77 bits per heavy atom. The Bertz CT molecular complexity index is 1680. The van der Waals surface area contributed by atoms with Crippen molar-refractivity contribution in [3.05, 3.63) is 54.0 Å². The van der Waals surface area contributed by atoms with Crippen LogP contribution in [0, 0.1) is 16.7 Å². The molecule has 4 heterocycles. The van der Waals surface area contributed by atoms with Crippen LogP contribution < -0.4 is 11.1 Å².